The van der Waals surface area contributed by atoms with Crippen molar-refractivity contribution < 1.29 is 8.42 Å². The molecule has 1 aromatic heterocycles. The van der Waals surface area contributed by atoms with Gasteiger partial charge in [-0.05, 0) is 18.6 Å². The van der Waals surface area contributed by atoms with Crippen LogP contribution in [-0.2, 0) is 16.4 Å². The minimum Gasteiger partial charge on any atom is -0.280 e. The van der Waals surface area contributed by atoms with Crippen molar-refractivity contribution in [2.24, 2.45) is 0 Å². The van der Waals surface area contributed by atoms with E-state index in [1.54, 1.807) is 18.2 Å². The molecule has 0 saturated carbocycles. The van der Waals surface area contributed by atoms with Gasteiger partial charge in [0.15, 0.2) is 5.82 Å². The number of aromatic amines is 1. The summed E-state index contributed by atoms with van der Waals surface area (Å²) in [6, 6.07) is 9.49. The van der Waals surface area contributed by atoms with Crippen molar-refractivity contribution in [2.75, 3.05) is 4.72 Å². The maximum Gasteiger partial charge on any atom is 0.264 e. The molecule has 0 aliphatic rings. The maximum absolute atomic E-state index is 12.2. The van der Waals surface area contributed by atoms with Crippen LogP contribution in [-0.4, -0.2) is 18.6 Å². The molecule has 0 bridgehead atoms. The van der Waals surface area contributed by atoms with Gasteiger partial charge in [0.2, 0.25) is 0 Å². The molecule has 1 heterocycles. The van der Waals surface area contributed by atoms with Gasteiger partial charge in [0.05, 0.1) is 5.56 Å². The standard InChI is InChI=1S/C12H12N4O2S/c1-2-10-7-12(15-14-10)16-19(17,18)11-6-4-3-5-9(11)8-13/h3-7H,2H2,1H3,(H2,14,15,16). The van der Waals surface area contributed by atoms with Crippen molar-refractivity contribution in [3.05, 3.63) is 41.6 Å². The van der Waals surface area contributed by atoms with E-state index >= 15 is 0 Å². The van der Waals surface area contributed by atoms with Crippen molar-refractivity contribution in [1.82, 2.24) is 10.2 Å². The van der Waals surface area contributed by atoms with Gasteiger partial charge in [-0.15, -0.1) is 0 Å². The van der Waals surface area contributed by atoms with Crippen LogP contribution in [0.1, 0.15) is 18.2 Å². The Morgan fingerprint density at radius 1 is 1.42 bits per heavy atom. The third kappa shape index (κ3) is 2.74. The monoisotopic (exact) mass is 276 g/mol. The quantitative estimate of drug-likeness (QED) is 0.886. The summed E-state index contributed by atoms with van der Waals surface area (Å²) < 4.78 is 26.7. The number of nitrogens with zero attached hydrogens (tertiary/aromatic N) is 2. The zero-order valence-electron chi connectivity index (χ0n) is 10.2. The van der Waals surface area contributed by atoms with Crippen molar-refractivity contribution in [3.63, 3.8) is 0 Å². The van der Waals surface area contributed by atoms with Crippen LogP contribution < -0.4 is 4.72 Å². The lowest BCUT2D eigenvalue weighted by atomic mass is 10.2. The molecule has 0 amide bonds. The number of hydrogen-bond donors (Lipinski definition) is 2. The number of sulfonamides is 1. The lowest BCUT2D eigenvalue weighted by Gasteiger charge is -2.06. The van der Waals surface area contributed by atoms with E-state index in [1.807, 2.05) is 13.0 Å². The van der Waals surface area contributed by atoms with Crippen molar-refractivity contribution in [3.8, 4) is 6.07 Å². The molecule has 1 aromatic carbocycles. The van der Waals surface area contributed by atoms with E-state index in [9.17, 15) is 8.42 Å². The Labute approximate surface area is 111 Å². The first-order valence-corrected chi connectivity index (χ1v) is 7.11. The van der Waals surface area contributed by atoms with Gasteiger partial charge in [-0.3, -0.25) is 9.82 Å². The summed E-state index contributed by atoms with van der Waals surface area (Å²) in [5.74, 6) is 0.213. The normalized spacial score (nSPS) is 10.9. The molecule has 0 aliphatic heterocycles. The van der Waals surface area contributed by atoms with Crippen LogP contribution in [0.5, 0.6) is 0 Å². The van der Waals surface area contributed by atoms with Crippen LogP contribution in [0, 0.1) is 11.3 Å². The van der Waals surface area contributed by atoms with Crippen LogP contribution >= 0.6 is 0 Å². The number of nitrogens with one attached hydrogen (secondary N) is 2. The highest BCUT2D eigenvalue weighted by molar-refractivity contribution is 7.92. The second kappa shape index (κ2) is 5.12. The minimum atomic E-state index is -3.81. The molecule has 98 valence electrons. The lowest BCUT2D eigenvalue weighted by molar-refractivity contribution is 0.601. The molecule has 0 unspecified atom stereocenters. The highest BCUT2D eigenvalue weighted by Gasteiger charge is 2.19. The van der Waals surface area contributed by atoms with Crippen molar-refractivity contribution >= 4 is 15.8 Å². The molecule has 0 spiro atoms. The van der Waals surface area contributed by atoms with Crippen LogP contribution in [0.4, 0.5) is 5.82 Å². The SMILES string of the molecule is CCc1cc(NS(=O)(=O)c2ccccc2C#N)n[nH]1. The van der Waals surface area contributed by atoms with E-state index in [4.69, 9.17) is 5.26 Å². The molecule has 0 aliphatic carbocycles. The van der Waals surface area contributed by atoms with Crippen LogP contribution in [0.2, 0.25) is 0 Å². The number of benzene rings is 1. The maximum atomic E-state index is 12.2. The van der Waals surface area contributed by atoms with Gasteiger partial charge in [0.1, 0.15) is 11.0 Å². The second-order valence-corrected chi connectivity index (χ2v) is 5.50. The Morgan fingerprint density at radius 2 is 2.16 bits per heavy atom. The van der Waals surface area contributed by atoms with Gasteiger partial charge < -0.3 is 0 Å². The summed E-state index contributed by atoms with van der Waals surface area (Å²) >= 11 is 0. The fraction of sp³-hybridized carbons (Fsp3) is 0.167. The molecule has 2 rings (SSSR count). The average molecular weight is 276 g/mol. The summed E-state index contributed by atoms with van der Waals surface area (Å²) in [4.78, 5) is -0.0569. The zero-order chi connectivity index (χ0) is 13.9. The van der Waals surface area contributed by atoms with E-state index in [0.29, 0.717) is 0 Å². The van der Waals surface area contributed by atoms with Crippen molar-refractivity contribution in [1.29, 1.82) is 5.26 Å². The largest absolute Gasteiger partial charge is 0.280 e. The molecule has 7 heteroatoms. The molecular weight excluding hydrogens is 264 g/mol. The van der Waals surface area contributed by atoms with Gasteiger partial charge in [0.25, 0.3) is 10.0 Å². The molecule has 2 aromatic rings. The Morgan fingerprint density at radius 3 is 2.79 bits per heavy atom. The van der Waals surface area contributed by atoms with Crippen LogP contribution in [0.15, 0.2) is 35.2 Å². The van der Waals surface area contributed by atoms with Crippen LogP contribution in [0.25, 0.3) is 0 Å². The number of aromatic nitrogens is 2. The molecular formula is C12H12N4O2S. The summed E-state index contributed by atoms with van der Waals surface area (Å²) in [7, 11) is -3.81. The fourth-order valence-corrected chi connectivity index (χ4v) is 2.73. The molecule has 0 fully saturated rings. The number of rotatable bonds is 4. The minimum absolute atomic E-state index is 0.0569. The Kier molecular flexibility index (Phi) is 3.53. The van der Waals surface area contributed by atoms with E-state index < -0.39 is 10.0 Å². The molecule has 6 nitrogen and oxygen atoms in total. The van der Waals surface area contributed by atoms with Gasteiger partial charge >= 0.3 is 0 Å². The van der Waals surface area contributed by atoms with E-state index in [1.165, 1.54) is 12.1 Å². The zero-order valence-corrected chi connectivity index (χ0v) is 11.0. The third-order valence-corrected chi connectivity index (χ3v) is 3.96. The Balaban J connectivity index is 2.35. The number of aryl methyl sites for hydroxylation is 1. The fourth-order valence-electron chi connectivity index (χ4n) is 1.58. The summed E-state index contributed by atoms with van der Waals surface area (Å²) in [6.45, 7) is 1.93. The molecule has 2 N–H and O–H groups in total. The molecule has 19 heavy (non-hydrogen) atoms. The van der Waals surface area contributed by atoms with E-state index in [0.717, 1.165) is 12.1 Å². The highest BCUT2D eigenvalue weighted by atomic mass is 32.2. The first-order chi connectivity index (χ1) is 9.06. The molecule has 0 atom stereocenters. The predicted molar refractivity (Wildman–Crippen MR) is 69.9 cm³/mol. The first-order valence-electron chi connectivity index (χ1n) is 5.63. The van der Waals surface area contributed by atoms with E-state index in [-0.39, 0.29) is 16.3 Å². The smallest absolute Gasteiger partial charge is 0.264 e. The summed E-state index contributed by atoms with van der Waals surface area (Å²) in [5, 5.41) is 15.5. The number of hydrogen-bond acceptors (Lipinski definition) is 4. The lowest BCUT2D eigenvalue weighted by Crippen LogP contribution is -2.14. The van der Waals surface area contributed by atoms with Crippen molar-refractivity contribution in [2.45, 2.75) is 18.2 Å². The second-order valence-electron chi connectivity index (χ2n) is 3.85. The third-order valence-electron chi connectivity index (χ3n) is 2.55. The predicted octanol–water partition coefficient (Wildman–Crippen LogP) is 1.64. The first kappa shape index (κ1) is 13.1. The van der Waals surface area contributed by atoms with Gasteiger partial charge in [-0.25, -0.2) is 8.42 Å². The Bertz CT molecular complexity index is 728. The van der Waals surface area contributed by atoms with Gasteiger partial charge in [0, 0.05) is 11.8 Å². The van der Waals surface area contributed by atoms with Crippen LogP contribution in [0.3, 0.4) is 0 Å². The Hall–Kier alpha value is -2.33. The highest BCUT2D eigenvalue weighted by Crippen LogP contribution is 2.18. The topological polar surface area (TPSA) is 98.6 Å². The molecule has 0 radical (unpaired) electrons. The van der Waals surface area contributed by atoms with Gasteiger partial charge in [-0.1, -0.05) is 19.1 Å². The number of nitriles is 1. The number of anilines is 1. The molecule has 0 saturated heterocycles. The van der Waals surface area contributed by atoms with E-state index in [2.05, 4.69) is 14.9 Å². The summed E-state index contributed by atoms with van der Waals surface area (Å²) in [5.41, 5.74) is 0.924. The average Bonchev–Trinajstić information content (AvgIpc) is 2.85. The van der Waals surface area contributed by atoms with Gasteiger partial charge in [-0.2, -0.15) is 10.4 Å². The summed E-state index contributed by atoms with van der Waals surface area (Å²) in [6.07, 6.45) is 0.726. The number of H-pyrrole nitrogens is 1.